The Morgan fingerprint density at radius 1 is 1.28 bits per heavy atom. The van der Waals surface area contributed by atoms with Gasteiger partial charge in [0.25, 0.3) is 5.91 Å². The fourth-order valence-corrected chi connectivity index (χ4v) is 2.12. The maximum Gasteiger partial charge on any atom is 0.262 e. The molecule has 1 aromatic carbocycles. The number of rotatable bonds is 2. The fourth-order valence-electron chi connectivity index (χ4n) is 2.12. The van der Waals surface area contributed by atoms with Crippen molar-refractivity contribution >= 4 is 11.6 Å². The van der Waals surface area contributed by atoms with Gasteiger partial charge in [0.1, 0.15) is 17.6 Å². The smallest absolute Gasteiger partial charge is 0.262 e. The van der Waals surface area contributed by atoms with Gasteiger partial charge in [0, 0.05) is 18.9 Å². The number of carbonyl (C=O) groups is 1. The van der Waals surface area contributed by atoms with E-state index in [9.17, 15) is 4.79 Å². The molecule has 5 heteroatoms. The molecule has 0 radical (unpaired) electrons. The monoisotopic (exact) mass is 249 g/mol. The van der Waals surface area contributed by atoms with Crippen molar-refractivity contribution in [1.82, 2.24) is 0 Å². The standard InChI is InChI=1S/C13H15NO4/c15-13-8-17-12-2-1-10(7-11(12)14-13)18-9-3-5-16-6-4-9/h1-2,7,9H,3-6,8H2,(H,14,15). The Balaban J connectivity index is 1.73. The van der Waals surface area contributed by atoms with Crippen LogP contribution in [0.3, 0.4) is 0 Å². The summed E-state index contributed by atoms with van der Waals surface area (Å²) in [6.45, 7) is 1.57. The first-order chi connectivity index (χ1) is 8.81. The van der Waals surface area contributed by atoms with Crippen LogP contribution >= 0.6 is 0 Å². The molecule has 1 amide bonds. The molecule has 0 unspecified atom stereocenters. The predicted octanol–water partition coefficient (Wildman–Crippen LogP) is 1.58. The molecule has 1 aromatic rings. The molecule has 2 aliphatic rings. The second-order valence-electron chi connectivity index (χ2n) is 4.42. The number of carbonyl (C=O) groups excluding carboxylic acids is 1. The van der Waals surface area contributed by atoms with Crippen molar-refractivity contribution < 1.29 is 19.0 Å². The zero-order valence-electron chi connectivity index (χ0n) is 9.98. The molecule has 0 bridgehead atoms. The molecule has 2 heterocycles. The van der Waals surface area contributed by atoms with Gasteiger partial charge in [-0.1, -0.05) is 0 Å². The summed E-state index contributed by atoms with van der Waals surface area (Å²) in [5, 5.41) is 2.77. The van der Waals surface area contributed by atoms with Crippen molar-refractivity contribution in [3.05, 3.63) is 18.2 Å². The molecule has 18 heavy (non-hydrogen) atoms. The summed E-state index contributed by atoms with van der Waals surface area (Å²) in [5.41, 5.74) is 0.677. The van der Waals surface area contributed by atoms with E-state index in [1.54, 1.807) is 0 Å². The first kappa shape index (κ1) is 11.3. The van der Waals surface area contributed by atoms with Crippen LogP contribution in [-0.4, -0.2) is 31.8 Å². The lowest BCUT2D eigenvalue weighted by Crippen LogP contribution is -2.27. The van der Waals surface area contributed by atoms with Crippen molar-refractivity contribution in [1.29, 1.82) is 0 Å². The van der Waals surface area contributed by atoms with Crippen LogP contribution in [0, 0.1) is 0 Å². The maximum atomic E-state index is 11.2. The molecule has 0 spiro atoms. The topological polar surface area (TPSA) is 56.8 Å². The summed E-state index contributed by atoms with van der Waals surface area (Å²) in [5.74, 6) is 1.31. The van der Waals surface area contributed by atoms with Crippen LogP contribution in [0.1, 0.15) is 12.8 Å². The Kier molecular flexibility index (Phi) is 3.06. The second kappa shape index (κ2) is 4.86. The summed E-state index contributed by atoms with van der Waals surface area (Å²) in [7, 11) is 0. The maximum absolute atomic E-state index is 11.2. The van der Waals surface area contributed by atoms with Crippen LogP contribution in [0.4, 0.5) is 5.69 Å². The molecule has 1 saturated heterocycles. The van der Waals surface area contributed by atoms with Gasteiger partial charge in [-0.25, -0.2) is 0 Å². The van der Waals surface area contributed by atoms with Gasteiger partial charge in [0.05, 0.1) is 18.9 Å². The number of amides is 1. The minimum absolute atomic E-state index is 0.0766. The van der Waals surface area contributed by atoms with Gasteiger partial charge in [-0.3, -0.25) is 4.79 Å². The molecule has 0 aromatic heterocycles. The van der Waals surface area contributed by atoms with Crippen molar-refractivity contribution in [2.45, 2.75) is 18.9 Å². The SMILES string of the molecule is O=C1COc2ccc(OC3CCOCC3)cc2N1. The third kappa shape index (κ3) is 2.41. The van der Waals surface area contributed by atoms with Gasteiger partial charge in [-0.05, 0) is 12.1 Å². The number of fused-ring (bicyclic) bond motifs is 1. The molecule has 2 aliphatic heterocycles. The Morgan fingerprint density at radius 3 is 2.94 bits per heavy atom. The van der Waals surface area contributed by atoms with E-state index < -0.39 is 0 Å². The highest BCUT2D eigenvalue weighted by Gasteiger charge is 2.19. The van der Waals surface area contributed by atoms with E-state index in [-0.39, 0.29) is 18.6 Å². The van der Waals surface area contributed by atoms with E-state index in [4.69, 9.17) is 14.2 Å². The number of nitrogens with one attached hydrogen (secondary N) is 1. The lowest BCUT2D eigenvalue weighted by Gasteiger charge is -2.24. The van der Waals surface area contributed by atoms with Gasteiger partial charge in [0.2, 0.25) is 0 Å². The van der Waals surface area contributed by atoms with Gasteiger partial charge in [0.15, 0.2) is 6.61 Å². The predicted molar refractivity (Wildman–Crippen MR) is 65.0 cm³/mol. The normalized spacial score (nSPS) is 19.7. The molecular weight excluding hydrogens is 234 g/mol. The lowest BCUT2D eigenvalue weighted by atomic mass is 10.1. The van der Waals surface area contributed by atoms with Crippen molar-refractivity contribution in [2.24, 2.45) is 0 Å². The van der Waals surface area contributed by atoms with E-state index in [1.807, 2.05) is 18.2 Å². The van der Waals surface area contributed by atoms with Crippen LogP contribution < -0.4 is 14.8 Å². The van der Waals surface area contributed by atoms with Crippen LogP contribution in [0.15, 0.2) is 18.2 Å². The summed E-state index contributed by atoms with van der Waals surface area (Å²) in [6.07, 6.45) is 2.00. The second-order valence-corrected chi connectivity index (χ2v) is 4.42. The van der Waals surface area contributed by atoms with Crippen molar-refractivity contribution in [3.8, 4) is 11.5 Å². The summed E-state index contributed by atoms with van der Waals surface area (Å²) in [4.78, 5) is 11.2. The number of anilines is 1. The van der Waals surface area contributed by atoms with Gasteiger partial charge < -0.3 is 19.5 Å². The Labute approximate surface area is 105 Å². The molecule has 0 atom stereocenters. The average Bonchev–Trinajstić information content (AvgIpc) is 2.39. The Bertz CT molecular complexity index is 454. The minimum atomic E-state index is -0.134. The van der Waals surface area contributed by atoms with Crippen LogP contribution in [0.5, 0.6) is 11.5 Å². The highest BCUT2D eigenvalue weighted by molar-refractivity contribution is 5.95. The highest BCUT2D eigenvalue weighted by Crippen LogP contribution is 2.32. The van der Waals surface area contributed by atoms with Crippen molar-refractivity contribution in [2.75, 3.05) is 25.1 Å². The van der Waals surface area contributed by atoms with E-state index in [0.717, 1.165) is 31.8 Å². The van der Waals surface area contributed by atoms with Crippen molar-refractivity contribution in [3.63, 3.8) is 0 Å². The number of ether oxygens (including phenoxy) is 3. The zero-order chi connectivity index (χ0) is 12.4. The molecule has 1 fully saturated rings. The van der Waals surface area contributed by atoms with Crippen LogP contribution in [-0.2, 0) is 9.53 Å². The average molecular weight is 249 g/mol. The van der Waals surface area contributed by atoms with Crippen LogP contribution in [0.25, 0.3) is 0 Å². The van der Waals surface area contributed by atoms with E-state index in [1.165, 1.54) is 0 Å². The molecule has 1 N–H and O–H groups in total. The minimum Gasteiger partial charge on any atom is -0.490 e. The van der Waals surface area contributed by atoms with E-state index >= 15 is 0 Å². The zero-order valence-corrected chi connectivity index (χ0v) is 9.98. The Morgan fingerprint density at radius 2 is 2.11 bits per heavy atom. The molecule has 5 nitrogen and oxygen atoms in total. The Hall–Kier alpha value is -1.75. The largest absolute Gasteiger partial charge is 0.490 e. The molecule has 96 valence electrons. The number of benzene rings is 1. The number of hydrogen-bond donors (Lipinski definition) is 1. The third-order valence-electron chi connectivity index (χ3n) is 3.05. The molecule has 0 saturated carbocycles. The third-order valence-corrected chi connectivity index (χ3v) is 3.05. The molecular formula is C13H15NO4. The van der Waals surface area contributed by atoms with E-state index in [2.05, 4.69) is 5.32 Å². The van der Waals surface area contributed by atoms with Gasteiger partial charge in [-0.2, -0.15) is 0 Å². The first-order valence-electron chi connectivity index (χ1n) is 6.12. The lowest BCUT2D eigenvalue weighted by molar-refractivity contribution is -0.118. The first-order valence-corrected chi connectivity index (χ1v) is 6.12. The van der Waals surface area contributed by atoms with Crippen LogP contribution in [0.2, 0.25) is 0 Å². The van der Waals surface area contributed by atoms with E-state index in [0.29, 0.717) is 11.4 Å². The summed E-state index contributed by atoms with van der Waals surface area (Å²) < 4.78 is 16.4. The van der Waals surface area contributed by atoms with Gasteiger partial charge in [-0.15, -0.1) is 0 Å². The summed E-state index contributed by atoms with van der Waals surface area (Å²) >= 11 is 0. The fraction of sp³-hybridized carbons (Fsp3) is 0.462. The highest BCUT2D eigenvalue weighted by atomic mass is 16.5. The van der Waals surface area contributed by atoms with Gasteiger partial charge >= 0.3 is 0 Å². The number of hydrogen-bond acceptors (Lipinski definition) is 4. The quantitative estimate of drug-likeness (QED) is 0.864. The summed E-state index contributed by atoms with van der Waals surface area (Å²) in [6, 6.07) is 5.50. The molecule has 3 rings (SSSR count). The molecule has 0 aliphatic carbocycles.